The number of rotatable bonds is 20. The minimum Gasteiger partial charge on any atom is -0.462 e. The summed E-state index contributed by atoms with van der Waals surface area (Å²) >= 11 is 0. The molecule has 0 unspecified atom stereocenters. The van der Waals surface area contributed by atoms with E-state index >= 15 is 0 Å². The largest absolute Gasteiger partial charge is 0.462 e. The van der Waals surface area contributed by atoms with Crippen LogP contribution < -0.4 is 0 Å². The maximum absolute atomic E-state index is 12.8. The molecule has 1 N–H and O–H groups in total. The summed E-state index contributed by atoms with van der Waals surface area (Å²) in [7, 11) is 0. The Labute approximate surface area is 297 Å². The van der Waals surface area contributed by atoms with Crippen LogP contribution in [0, 0.1) is 46.3 Å². The minimum atomic E-state index is -0.158. The van der Waals surface area contributed by atoms with Gasteiger partial charge >= 0.3 is 5.97 Å². The average Bonchev–Trinajstić information content (AvgIpc) is 3.42. The third-order valence-electron chi connectivity index (χ3n) is 14.1. The average molecular weight is 665 g/mol. The predicted molar refractivity (Wildman–Crippen MR) is 204 cm³/mol. The molecule has 3 fully saturated rings. The van der Waals surface area contributed by atoms with Crippen LogP contribution in [-0.2, 0) is 9.53 Å². The number of aliphatic hydroxyl groups is 1. The number of carbonyl (C=O) groups is 1. The Balaban J connectivity index is 1.14. The van der Waals surface area contributed by atoms with E-state index < -0.39 is 0 Å². The summed E-state index contributed by atoms with van der Waals surface area (Å²) in [4.78, 5) is 12.8. The normalized spacial score (nSPS) is 33.0. The van der Waals surface area contributed by atoms with E-state index in [1.165, 1.54) is 89.9 Å². The summed E-state index contributed by atoms with van der Waals surface area (Å²) in [5.74, 6) is 4.33. The molecule has 3 heteroatoms. The van der Waals surface area contributed by atoms with E-state index in [-0.39, 0.29) is 18.2 Å². The summed E-state index contributed by atoms with van der Waals surface area (Å²) in [6.07, 6.45) is 37.7. The molecule has 0 bridgehead atoms. The molecule has 0 aromatic heterocycles. The van der Waals surface area contributed by atoms with E-state index in [4.69, 9.17) is 4.74 Å². The van der Waals surface area contributed by atoms with E-state index in [2.05, 4.69) is 71.9 Å². The number of ether oxygens (including phenoxy) is 1. The molecule has 3 saturated carbocycles. The first-order valence-electron chi connectivity index (χ1n) is 21.0. The van der Waals surface area contributed by atoms with Crippen molar-refractivity contribution in [3.05, 3.63) is 36.0 Å². The van der Waals surface area contributed by atoms with Gasteiger partial charge in [0.25, 0.3) is 0 Å². The van der Waals surface area contributed by atoms with Crippen molar-refractivity contribution in [2.45, 2.75) is 195 Å². The molecular weight excluding hydrogens is 588 g/mol. The van der Waals surface area contributed by atoms with Crippen molar-refractivity contribution in [1.29, 1.82) is 0 Å². The van der Waals surface area contributed by atoms with Crippen LogP contribution >= 0.6 is 0 Å². The fourth-order valence-electron chi connectivity index (χ4n) is 11.0. The number of aliphatic hydroxyl groups excluding tert-OH is 1. The van der Waals surface area contributed by atoms with Gasteiger partial charge in [0.2, 0.25) is 0 Å². The number of allylic oxidation sites excluding steroid dienone is 5. The Bertz CT molecular complexity index is 1050. The zero-order chi connectivity index (χ0) is 34.6. The molecule has 0 saturated heterocycles. The molecule has 4 aliphatic carbocycles. The Kier molecular flexibility index (Phi) is 15.9. The Morgan fingerprint density at radius 2 is 1.58 bits per heavy atom. The van der Waals surface area contributed by atoms with Gasteiger partial charge in [0, 0.05) is 12.8 Å². The fraction of sp³-hybridized carbons (Fsp3) is 0.844. The van der Waals surface area contributed by atoms with Gasteiger partial charge in [0.05, 0.1) is 6.10 Å². The Hall–Kier alpha value is -1.35. The smallest absolute Gasteiger partial charge is 0.306 e. The third kappa shape index (κ3) is 10.4. The van der Waals surface area contributed by atoms with Gasteiger partial charge in [-0.25, -0.2) is 0 Å². The lowest BCUT2D eigenvalue weighted by Crippen LogP contribution is -2.51. The van der Waals surface area contributed by atoms with Crippen molar-refractivity contribution in [1.82, 2.24) is 0 Å². The van der Waals surface area contributed by atoms with Crippen LogP contribution in [0.3, 0.4) is 0 Å². The Morgan fingerprint density at radius 1 is 0.875 bits per heavy atom. The summed E-state index contributed by atoms with van der Waals surface area (Å²) in [5.41, 5.74) is 2.36. The summed E-state index contributed by atoms with van der Waals surface area (Å²) in [6, 6.07) is 0. The molecule has 48 heavy (non-hydrogen) atoms. The van der Waals surface area contributed by atoms with E-state index in [0.29, 0.717) is 29.1 Å². The van der Waals surface area contributed by atoms with Gasteiger partial charge in [-0.2, -0.15) is 0 Å². The van der Waals surface area contributed by atoms with Crippen LogP contribution in [0.25, 0.3) is 0 Å². The molecule has 4 rings (SSSR count). The van der Waals surface area contributed by atoms with Crippen molar-refractivity contribution < 1.29 is 14.6 Å². The van der Waals surface area contributed by atoms with Crippen molar-refractivity contribution >= 4 is 5.97 Å². The van der Waals surface area contributed by atoms with Crippen molar-refractivity contribution in [2.75, 3.05) is 0 Å². The predicted octanol–water partition coefficient (Wildman–Crippen LogP) is 12.7. The molecule has 0 spiro atoms. The molecule has 0 aromatic rings. The Morgan fingerprint density at radius 3 is 2.31 bits per heavy atom. The van der Waals surface area contributed by atoms with Gasteiger partial charge in [-0.3, -0.25) is 4.79 Å². The molecule has 274 valence electrons. The third-order valence-corrected chi connectivity index (χ3v) is 14.1. The second-order valence-electron chi connectivity index (χ2n) is 17.7. The number of fused-ring (bicyclic) bond motifs is 5. The number of esters is 1. The highest BCUT2D eigenvalue weighted by Crippen LogP contribution is 2.67. The second-order valence-corrected chi connectivity index (χ2v) is 17.7. The molecule has 0 heterocycles. The lowest BCUT2D eigenvalue weighted by Gasteiger charge is -2.58. The van der Waals surface area contributed by atoms with Crippen molar-refractivity contribution in [3.63, 3.8) is 0 Å². The van der Waals surface area contributed by atoms with E-state index in [1.807, 2.05) is 0 Å². The first kappa shape index (κ1) is 39.4. The summed E-state index contributed by atoms with van der Waals surface area (Å²) in [6.45, 7) is 14.2. The molecule has 9 atom stereocenters. The molecule has 3 nitrogen and oxygen atoms in total. The van der Waals surface area contributed by atoms with Gasteiger partial charge in [0.15, 0.2) is 0 Å². The van der Waals surface area contributed by atoms with Crippen LogP contribution in [0.5, 0.6) is 0 Å². The standard InChI is InChI=1S/C45H76O3/c1-7-8-9-10-11-12-13-14-15-16-17-18-19-20-21-22-43(47)48-37-29-31-44(5)36(33-37)24-25-38-40-27-26-39(45(40,6)32-30-41(38)44)35(4)23-28-42(46)34(2)3/h11-12,14-15,24,34-35,37-42,46H,7-10,13,16-23,25-33H2,1-6H3/b12-11-,15-14-/t35-,37+,38+,39-,40+,41+,42+,44+,45-/m1/s1. The van der Waals surface area contributed by atoms with Crippen LogP contribution in [0.2, 0.25) is 0 Å². The monoisotopic (exact) mass is 665 g/mol. The van der Waals surface area contributed by atoms with Crippen LogP contribution in [0.4, 0.5) is 0 Å². The minimum absolute atomic E-state index is 0.0315. The first-order chi connectivity index (χ1) is 23.1. The zero-order valence-electron chi connectivity index (χ0n) is 32.3. The number of hydrogen-bond acceptors (Lipinski definition) is 3. The first-order valence-corrected chi connectivity index (χ1v) is 21.0. The zero-order valence-corrected chi connectivity index (χ0v) is 32.3. The van der Waals surface area contributed by atoms with Gasteiger partial charge in [-0.05, 0) is 143 Å². The van der Waals surface area contributed by atoms with Crippen molar-refractivity contribution in [2.24, 2.45) is 46.3 Å². The highest BCUT2D eigenvalue weighted by Gasteiger charge is 2.59. The van der Waals surface area contributed by atoms with Crippen LogP contribution in [-0.4, -0.2) is 23.3 Å². The number of carbonyl (C=O) groups excluding carboxylic acids is 1. The highest BCUT2D eigenvalue weighted by molar-refractivity contribution is 5.69. The van der Waals surface area contributed by atoms with E-state index in [0.717, 1.165) is 68.6 Å². The maximum Gasteiger partial charge on any atom is 0.306 e. The molecule has 0 radical (unpaired) electrons. The summed E-state index contributed by atoms with van der Waals surface area (Å²) in [5, 5.41) is 10.5. The molecule has 0 amide bonds. The van der Waals surface area contributed by atoms with Crippen molar-refractivity contribution in [3.8, 4) is 0 Å². The van der Waals surface area contributed by atoms with Crippen LogP contribution in [0.1, 0.15) is 183 Å². The quantitative estimate of drug-likeness (QED) is 0.0800. The van der Waals surface area contributed by atoms with E-state index in [1.54, 1.807) is 5.57 Å². The van der Waals surface area contributed by atoms with Gasteiger partial charge in [0.1, 0.15) is 6.10 Å². The SMILES string of the molecule is CCCCC/C=C\C/C=C\CCCCCCCC(=O)O[C@H]1CC[C@@]2(C)C(=CC[C@H]3[C@@H]4CC[C@H]([C@H](C)CC[C@H](O)C(C)C)[C@@]4(C)CC[C@@H]32)C1. The fourth-order valence-corrected chi connectivity index (χ4v) is 11.0. The second kappa shape index (κ2) is 19.3. The highest BCUT2D eigenvalue weighted by atomic mass is 16.5. The maximum atomic E-state index is 12.8. The lowest BCUT2D eigenvalue weighted by atomic mass is 9.47. The van der Waals surface area contributed by atoms with Gasteiger partial charge < -0.3 is 9.84 Å². The molecule has 0 aliphatic heterocycles. The lowest BCUT2D eigenvalue weighted by molar-refractivity contribution is -0.151. The van der Waals surface area contributed by atoms with E-state index in [9.17, 15) is 9.90 Å². The molecule has 4 aliphatic rings. The van der Waals surface area contributed by atoms with Gasteiger partial charge in [-0.15, -0.1) is 0 Å². The summed E-state index contributed by atoms with van der Waals surface area (Å²) < 4.78 is 6.11. The molecular formula is C45H76O3. The number of hydrogen-bond donors (Lipinski definition) is 1. The topological polar surface area (TPSA) is 46.5 Å². The van der Waals surface area contributed by atoms with Crippen LogP contribution in [0.15, 0.2) is 36.0 Å². The number of unbranched alkanes of at least 4 members (excludes halogenated alkanes) is 8. The van der Waals surface area contributed by atoms with Gasteiger partial charge in [-0.1, -0.05) is 110 Å². The molecule has 0 aromatic carbocycles.